The predicted octanol–water partition coefficient (Wildman–Crippen LogP) is 4.00. The molecule has 0 aliphatic carbocycles. The van der Waals surface area contributed by atoms with Crippen LogP contribution in [-0.2, 0) is 6.54 Å². The van der Waals surface area contributed by atoms with Crippen LogP contribution in [0.1, 0.15) is 5.56 Å². The predicted molar refractivity (Wildman–Crippen MR) is 81.1 cm³/mol. The summed E-state index contributed by atoms with van der Waals surface area (Å²) < 4.78 is 43.0. The number of hydrogen-bond acceptors (Lipinski definition) is 4. The summed E-state index contributed by atoms with van der Waals surface area (Å²) in [5, 5.41) is 7.19. The number of fused-ring (bicyclic) bond motifs is 1. The lowest BCUT2D eigenvalue weighted by molar-refractivity contribution is -0.274. The van der Waals surface area contributed by atoms with Gasteiger partial charge in [0.15, 0.2) is 5.65 Å². The largest absolute Gasteiger partial charge is 0.573 e. The third-order valence-corrected chi connectivity index (χ3v) is 3.35. The summed E-state index contributed by atoms with van der Waals surface area (Å²) >= 11 is 3.33. The molecule has 0 aliphatic heterocycles. The van der Waals surface area contributed by atoms with Gasteiger partial charge in [-0.2, -0.15) is 4.98 Å². The summed E-state index contributed by atoms with van der Waals surface area (Å²) in [4.78, 5) is 4.26. The zero-order chi connectivity index (χ0) is 16.4. The third-order valence-electron chi connectivity index (χ3n) is 2.88. The number of nitrogens with zero attached hydrogens (tertiary/aromatic N) is 3. The van der Waals surface area contributed by atoms with Crippen LogP contribution in [-0.4, -0.2) is 21.0 Å². The van der Waals surface area contributed by atoms with Gasteiger partial charge in [0, 0.05) is 17.2 Å². The Balaban J connectivity index is 1.70. The van der Waals surface area contributed by atoms with Crippen LogP contribution < -0.4 is 10.1 Å². The molecule has 3 aromatic rings. The lowest BCUT2D eigenvalue weighted by Crippen LogP contribution is -2.17. The van der Waals surface area contributed by atoms with Gasteiger partial charge in [0.1, 0.15) is 5.75 Å². The van der Waals surface area contributed by atoms with Gasteiger partial charge in [0.2, 0.25) is 5.95 Å². The molecule has 2 aromatic heterocycles. The van der Waals surface area contributed by atoms with E-state index in [1.807, 2.05) is 6.07 Å². The van der Waals surface area contributed by atoms with Crippen molar-refractivity contribution in [1.29, 1.82) is 0 Å². The number of rotatable bonds is 4. The van der Waals surface area contributed by atoms with Gasteiger partial charge in [-0.25, -0.2) is 4.52 Å². The van der Waals surface area contributed by atoms with Gasteiger partial charge in [0.05, 0.1) is 0 Å². The Bertz CT molecular complexity index is 834. The number of benzene rings is 1. The lowest BCUT2D eigenvalue weighted by Gasteiger charge is -2.10. The molecule has 0 atom stereocenters. The Morgan fingerprint density at radius 1 is 1.22 bits per heavy atom. The molecule has 2 heterocycles. The molecule has 0 saturated heterocycles. The molecule has 0 fully saturated rings. The quantitative estimate of drug-likeness (QED) is 0.736. The Hall–Kier alpha value is -2.29. The molecule has 120 valence electrons. The standard InChI is InChI=1S/C14H10BrF3N4O/c15-10-4-5-12-20-13(21-22(12)8-10)19-7-9-2-1-3-11(6-9)23-14(16,17)18/h1-6,8H,7H2,(H,19,21). The monoisotopic (exact) mass is 386 g/mol. The molecule has 0 amide bonds. The van der Waals surface area contributed by atoms with Crippen LogP contribution in [0.5, 0.6) is 5.75 Å². The molecule has 1 aromatic carbocycles. The van der Waals surface area contributed by atoms with E-state index >= 15 is 0 Å². The van der Waals surface area contributed by atoms with Crippen LogP contribution in [0.4, 0.5) is 19.1 Å². The SMILES string of the molecule is FC(F)(F)Oc1cccc(CNc2nc3ccc(Br)cn3n2)c1. The number of halogens is 4. The van der Waals surface area contributed by atoms with E-state index < -0.39 is 6.36 Å². The van der Waals surface area contributed by atoms with Gasteiger partial charge >= 0.3 is 6.36 Å². The fraction of sp³-hybridized carbons (Fsp3) is 0.143. The van der Waals surface area contributed by atoms with Crippen molar-refractivity contribution in [2.75, 3.05) is 5.32 Å². The van der Waals surface area contributed by atoms with Crippen molar-refractivity contribution in [2.45, 2.75) is 12.9 Å². The fourth-order valence-electron chi connectivity index (χ4n) is 1.97. The van der Waals surface area contributed by atoms with E-state index in [9.17, 15) is 13.2 Å². The first-order valence-corrected chi connectivity index (χ1v) is 7.29. The molecule has 0 saturated carbocycles. The van der Waals surface area contributed by atoms with Gasteiger partial charge in [-0.05, 0) is 45.8 Å². The summed E-state index contributed by atoms with van der Waals surface area (Å²) in [5.74, 6) is 0.119. The molecule has 9 heteroatoms. The maximum Gasteiger partial charge on any atom is 0.573 e. The summed E-state index contributed by atoms with van der Waals surface area (Å²) in [6.45, 7) is 0.271. The minimum atomic E-state index is -4.71. The van der Waals surface area contributed by atoms with E-state index in [0.29, 0.717) is 17.2 Å². The van der Waals surface area contributed by atoms with Crippen LogP contribution >= 0.6 is 15.9 Å². The lowest BCUT2D eigenvalue weighted by atomic mass is 10.2. The minimum Gasteiger partial charge on any atom is -0.406 e. The summed E-state index contributed by atoms with van der Waals surface area (Å²) in [6, 6.07) is 9.37. The van der Waals surface area contributed by atoms with Crippen molar-refractivity contribution < 1.29 is 17.9 Å². The summed E-state index contributed by atoms with van der Waals surface area (Å²) in [5.41, 5.74) is 1.27. The first-order valence-electron chi connectivity index (χ1n) is 6.49. The van der Waals surface area contributed by atoms with Crippen LogP contribution in [0, 0.1) is 0 Å². The average Bonchev–Trinajstić information content (AvgIpc) is 2.85. The smallest absolute Gasteiger partial charge is 0.406 e. The number of alkyl halides is 3. The molecule has 0 aliphatic rings. The van der Waals surface area contributed by atoms with Gasteiger partial charge < -0.3 is 10.1 Å². The van der Waals surface area contributed by atoms with E-state index in [4.69, 9.17) is 0 Å². The zero-order valence-electron chi connectivity index (χ0n) is 11.5. The van der Waals surface area contributed by atoms with Crippen LogP contribution in [0.25, 0.3) is 5.65 Å². The molecule has 1 N–H and O–H groups in total. The molecule has 5 nitrogen and oxygen atoms in total. The Labute approximate surface area is 137 Å². The first kappa shape index (κ1) is 15.6. The molecule has 3 rings (SSSR count). The Morgan fingerprint density at radius 3 is 2.83 bits per heavy atom. The summed E-state index contributed by atoms with van der Waals surface area (Å²) in [7, 11) is 0. The molecule has 0 bridgehead atoms. The average molecular weight is 387 g/mol. The number of aromatic nitrogens is 3. The van der Waals surface area contributed by atoms with E-state index in [2.05, 4.69) is 36.1 Å². The van der Waals surface area contributed by atoms with Crippen LogP contribution in [0.3, 0.4) is 0 Å². The number of ether oxygens (including phenoxy) is 1. The second kappa shape index (κ2) is 6.07. The maximum atomic E-state index is 12.2. The Kier molecular flexibility index (Phi) is 4.12. The van der Waals surface area contributed by atoms with Crippen LogP contribution in [0.15, 0.2) is 47.1 Å². The molecule has 0 spiro atoms. The fourth-order valence-corrected chi connectivity index (χ4v) is 2.29. The minimum absolute atomic E-state index is 0.260. The van der Waals surface area contributed by atoms with Gasteiger partial charge in [0.25, 0.3) is 0 Å². The van der Waals surface area contributed by atoms with E-state index in [1.165, 1.54) is 18.2 Å². The van der Waals surface area contributed by atoms with Gasteiger partial charge in [-0.3, -0.25) is 0 Å². The molecular weight excluding hydrogens is 377 g/mol. The van der Waals surface area contributed by atoms with Crippen LogP contribution in [0.2, 0.25) is 0 Å². The maximum absolute atomic E-state index is 12.2. The third kappa shape index (κ3) is 4.13. The van der Waals surface area contributed by atoms with Crippen molar-refractivity contribution in [3.8, 4) is 5.75 Å². The number of nitrogens with one attached hydrogen (secondary N) is 1. The van der Waals surface area contributed by atoms with E-state index in [0.717, 1.165) is 4.47 Å². The number of anilines is 1. The van der Waals surface area contributed by atoms with Crippen molar-refractivity contribution >= 4 is 27.5 Å². The van der Waals surface area contributed by atoms with Crippen molar-refractivity contribution in [2.24, 2.45) is 0 Å². The molecular formula is C14H10BrF3N4O. The first-order chi connectivity index (χ1) is 10.9. The molecule has 0 unspecified atom stereocenters. The van der Waals surface area contributed by atoms with Crippen molar-refractivity contribution in [3.05, 3.63) is 52.6 Å². The van der Waals surface area contributed by atoms with Gasteiger partial charge in [-0.15, -0.1) is 18.3 Å². The highest BCUT2D eigenvalue weighted by molar-refractivity contribution is 9.10. The van der Waals surface area contributed by atoms with E-state index in [1.54, 1.807) is 22.8 Å². The molecule has 23 heavy (non-hydrogen) atoms. The van der Waals surface area contributed by atoms with Gasteiger partial charge in [-0.1, -0.05) is 12.1 Å². The van der Waals surface area contributed by atoms with E-state index in [-0.39, 0.29) is 12.3 Å². The highest BCUT2D eigenvalue weighted by Crippen LogP contribution is 2.23. The molecule has 0 radical (unpaired) electrons. The highest BCUT2D eigenvalue weighted by Gasteiger charge is 2.31. The zero-order valence-corrected chi connectivity index (χ0v) is 13.1. The number of pyridine rings is 1. The number of hydrogen-bond donors (Lipinski definition) is 1. The second-order valence-electron chi connectivity index (χ2n) is 4.63. The normalized spacial score (nSPS) is 11.7. The van der Waals surface area contributed by atoms with Crippen molar-refractivity contribution in [3.63, 3.8) is 0 Å². The summed E-state index contributed by atoms with van der Waals surface area (Å²) in [6.07, 6.45) is -2.95. The Morgan fingerprint density at radius 2 is 2.04 bits per heavy atom. The second-order valence-corrected chi connectivity index (χ2v) is 5.55. The van der Waals surface area contributed by atoms with Crippen molar-refractivity contribution in [1.82, 2.24) is 14.6 Å². The topological polar surface area (TPSA) is 51.5 Å². The highest BCUT2D eigenvalue weighted by atomic mass is 79.9.